The molecule has 0 aliphatic carbocycles. The first-order valence-corrected chi connectivity index (χ1v) is 7.66. The fourth-order valence-corrected chi connectivity index (χ4v) is 2.91. The van der Waals surface area contributed by atoms with Gasteiger partial charge in [0.2, 0.25) is 5.91 Å². The van der Waals surface area contributed by atoms with Gasteiger partial charge in [-0.05, 0) is 50.9 Å². The molecule has 1 aromatic heterocycles. The number of fused-ring (bicyclic) bond motifs is 1. The van der Waals surface area contributed by atoms with Gasteiger partial charge in [-0.15, -0.1) is 0 Å². The Morgan fingerprint density at radius 1 is 1.38 bits per heavy atom. The quantitative estimate of drug-likeness (QED) is 0.807. The summed E-state index contributed by atoms with van der Waals surface area (Å²) in [6.45, 7) is 4.47. The molecule has 5 heteroatoms. The van der Waals surface area contributed by atoms with Crippen LogP contribution in [-0.4, -0.2) is 29.0 Å². The third-order valence-electron chi connectivity index (χ3n) is 4.14. The van der Waals surface area contributed by atoms with Crippen molar-refractivity contribution in [2.24, 2.45) is 5.92 Å². The number of rotatable bonds is 3. The molecule has 112 valence electrons. The van der Waals surface area contributed by atoms with E-state index in [-0.39, 0.29) is 11.8 Å². The number of carbonyl (C=O) groups is 1. The number of imidazole rings is 1. The number of hydrogen-bond acceptors (Lipinski definition) is 3. The minimum atomic E-state index is 0.131. The van der Waals surface area contributed by atoms with Gasteiger partial charge in [-0.2, -0.15) is 0 Å². The van der Waals surface area contributed by atoms with Crippen LogP contribution in [0.25, 0.3) is 11.0 Å². The van der Waals surface area contributed by atoms with E-state index in [4.69, 9.17) is 0 Å². The molecule has 2 heterocycles. The Hall–Kier alpha value is -1.88. The Kier molecular flexibility index (Phi) is 4.20. The maximum atomic E-state index is 12.2. The second kappa shape index (κ2) is 6.26. The van der Waals surface area contributed by atoms with Crippen molar-refractivity contribution in [3.8, 4) is 0 Å². The number of aromatic amines is 1. The zero-order chi connectivity index (χ0) is 14.7. The minimum Gasteiger partial charge on any atom is -0.349 e. The van der Waals surface area contributed by atoms with E-state index in [9.17, 15) is 4.79 Å². The van der Waals surface area contributed by atoms with E-state index in [0.29, 0.717) is 6.54 Å². The van der Waals surface area contributed by atoms with Crippen LogP contribution in [0.4, 0.5) is 0 Å². The molecule has 2 aromatic rings. The van der Waals surface area contributed by atoms with E-state index >= 15 is 0 Å². The van der Waals surface area contributed by atoms with Crippen molar-refractivity contribution in [1.29, 1.82) is 0 Å². The van der Waals surface area contributed by atoms with Gasteiger partial charge in [0.15, 0.2) is 0 Å². The molecule has 0 spiro atoms. The molecular formula is C16H22N4O. The predicted octanol–water partition coefficient (Wildman–Crippen LogP) is 1.88. The van der Waals surface area contributed by atoms with Gasteiger partial charge in [0, 0.05) is 5.92 Å². The highest BCUT2D eigenvalue weighted by Gasteiger charge is 2.19. The van der Waals surface area contributed by atoms with Crippen molar-refractivity contribution in [3.63, 3.8) is 0 Å². The monoisotopic (exact) mass is 286 g/mol. The maximum absolute atomic E-state index is 12.2. The average molecular weight is 286 g/mol. The van der Waals surface area contributed by atoms with Crippen LogP contribution in [0.1, 0.15) is 30.7 Å². The van der Waals surface area contributed by atoms with Crippen LogP contribution in [-0.2, 0) is 11.3 Å². The van der Waals surface area contributed by atoms with Crippen molar-refractivity contribution in [1.82, 2.24) is 20.6 Å². The lowest BCUT2D eigenvalue weighted by Crippen LogP contribution is -2.31. The fraction of sp³-hybridized carbons (Fsp3) is 0.500. The highest BCUT2D eigenvalue weighted by atomic mass is 16.1. The van der Waals surface area contributed by atoms with Crippen LogP contribution in [0.3, 0.4) is 0 Å². The molecule has 0 unspecified atom stereocenters. The molecule has 5 nitrogen and oxygen atoms in total. The molecule has 3 rings (SSSR count). The first-order valence-electron chi connectivity index (χ1n) is 7.66. The number of carbonyl (C=O) groups excluding carboxylic acids is 1. The fourth-order valence-electron chi connectivity index (χ4n) is 2.91. The zero-order valence-electron chi connectivity index (χ0n) is 12.4. The summed E-state index contributed by atoms with van der Waals surface area (Å²) < 4.78 is 0. The second-order valence-corrected chi connectivity index (χ2v) is 5.75. The summed E-state index contributed by atoms with van der Waals surface area (Å²) in [6.07, 6.45) is 2.96. The minimum absolute atomic E-state index is 0.131. The van der Waals surface area contributed by atoms with Gasteiger partial charge in [-0.3, -0.25) is 4.79 Å². The summed E-state index contributed by atoms with van der Waals surface area (Å²) in [5.74, 6) is 1.10. The lowest BCUT2D eigenvalue weighted by atomic mass is 10.00. The molecule has 1 amide bonds. The van der Waals surface area contributed by atoms with Gasteiger partial charge in [-0.1, -0.05) is 12.1 Å². The van der Waals surface area contributed by atoms with Crippen molar-refractivity contribution in [2.75, 3.05) is 13.1 Å². The van der Waals surface area contributed by atoms with E-state index in [1.54, 1.807) is 0 Å². The van der Waals surface area contributed by atoms with Gasteiger partial charge in [0.25, 0.3) is 0 Å². The molecule has 0 radical (unpaired) electrons. The van der Waals surface area contributed by atoms with Crippen LogP contribution >= 0.6 is 0 Å². The number of amides is 1. The standard InChI is InChI=1S/C16H22N4O/c1-11-4-2-6-13-15(11)20-14(19-13)10-18-16(21)12-5-3-8-17-9-7-12/h2,4,6,12,17H,3,5,7-10H2,1H3,(H,18,21)(H,19,20)/t12-/m0/s1. The molecule has 1 fully saturated rings. The van der Waals surface area contributed by atoms with Crippen LogP contribution < -0.4 is 10.6 Å². The second-order valence-electron chi connectivity index (χ2n) is 5.75. The van der Waals surface area contributed by atoms with E-state index in [1.165, 1.54) is 0 Å². The molecule has 1 aromatic carbocycles. The first kappa shape index (κ1) is 14.1. The SMILES string of the molecule is Cc1cccc2[nH]c(CNC(=O)[C@H]3CCCNCC3)nc12. The van der Waals surface area contributed by atoms with Gasteiger partial charge in [0.05, 0.1) is 17.6 Å². The number of aryl methyl sites for hydroxylation is 1. The highest BCUT2D eigenvalue weighted by molar-refractivity contribution is 5.80. The topological polar surface area (TPSA) is 69.8 Å². The van der Waals surface area contributed by atoms with Crippen molar-refractivity contribution < 1.29 is 4.79 Å². The number of nitrogens with zero attached hydrogens (tertiary/aromatic N) is 1. The molecular weight excluding hydrogens is 264 g/mol. The number of benzene rings is 1. The molecule has 0 bridgehead atoms. The maximum Gasteiger partial charge on any atom is 0.223 e. The predicted molar refractivity (Wildman–Crippen MR) is 82.9 cm³/mol. The molecule has 1 aliphatic heterocycles. The molecule has 1 aliphatic rings. The van der Waals surface area contributed by atoms with Crippen LogP contribution in [0, 0.1) is 12.8 Å². The van der Waals surface area contributed by atoms with E-state index in [0.717, 1.165) is 54.8 Å². The Labute approximate surface area is 124 Å². The van der Waals surface area contributed by atoms with Crippen molar-refractivity contribution in [3.05, 3.63) is 29.6 Å². The number of para-hydroxylation sites is 1. The van der Waals surface area contributed by atoms with Gasteiger partial charge in [0.1, 0.15) is 5.82 Å². The number of H-pyrrole nitrogens is 1. The Balaban J connectivity index is 1.63. The third kappa shape index (κ3) is 3.24. The van der Waals surface area contributed by atoms with Gasteiger partial charge in [-0.25, -0.2) is 4.98 Å². The molecule has 3 N–H and O–H groups in total. The van der Waals surface area contributed by atoms with Crippen molar-refractivity contribution in [2.45, 2.75) is 32.7 Å². The van der Waals surface area contributed by atoms with Gasteiger partial charge >= 0.3 is 0 Å². The largest absolute Gasteiger partial charge is 0.349 e. The summed E-state index contributed by atoms with van der Waals surface area (Å²) in [7, 11) is 0. The molecule has 21 heavy (non-hydrogen) atoms. The summed E-state index contributed by atoms with van der Waals surface area (Å²) in [6, 6.07) is 6.07. The van der Waals surface area contributed by atoms with Crippen molar-refractivity contribution >= 4 is 16.9 Å². The van der Waals surface area contributed by atoms with Gasteiger partial charge < -0.3 is 15.6 Å². The summed E-state index contributed by atoms with van der Waals surface area (Å²) in [5, 5.41) is 6.35. The third-order valence-corrected chi connectivity index (χ3v) is 4.14. The molecule has 0 saturated carbocycles. The normalized spacial score (nSPS) is 19.4. The number of hydrogen-bond donors (Lipinski definition) is 3. The van der Waals surface area contributed by atoms with Crippen LogP contribution in [0.5, 0.6) is 0 Å². The molecule has 1 atom stereocenters. The Morgan fingerprint density at radius 3 is 3.14 bits per heavy atom. The van der Waals surface area contributed by atoms with Crippen LogP contribution in [0.15, 0.2) is 18.2 Å². The summed E-state index contributed by atoms with van der Waals surface area (Å²) >= 11 is 0. The van der Waals surface area contributed by atoms with E-state index in [1.807, 2.05) is 25.1 Å². The zero-order valence-corrected chi connectivity index (χ0v) is 12.4. The highest BCUT2D eigenvalue weighted by Crippen LogP contribution is 2.16. The molecule has 1 saturated heterocycles. The Morgan fingerprint density at radius 2 is 2.29 bits per heavy atom. The number of aromatic nitrogens is 2. The lowest BCUT2D eigenvalue weighted by molar-refractivity contribution is -0.125. The summed E-state index contributed by atoms with van der Waals surface area (Å²) in [4.78, 5) is 20.1. The average Bonchev–Trinajstić information content (AvgIpc) is 2.71. The Bertz CT molecular complexity index is 626. The van der Waals surface area contributed by atoms with E-state index < -0.39 is 0 Å². The van der Waals surface area contributed by atoms with Crippen LogP contribution in [0.2, 0.25) is 0 Å². The van der Waals surface area contributed by atoms with E-state index in [2.05, 4.69) is 20.6 Å². The number of nitrogens with one attached hydrogen (secondary N) is 3. The smallest absolute Gasteiger partial charge is 0.223 e. The summed E-state index contributed by atoms with van der Waals surface area (Å²) in [5.41, 5.74) is 3.16. The lowest BCUT2D eigenvalue weighted by Gasteiger charge is -2.12. The first-order chi connectivity index (χ1) is 10.2.